The van der Waals surface area contributed by atoms with E-state index in [1.165, 1.54) is 7.11 Å². The Morgan fingerprint density at radius 3 is 3.08 bits per heavy atom. The SMILES string of the molecule is COC(=O)[C@@H](N)Cc1ccsc1. The van der Waals surface area contributed by atoms with E-state index in [4.69, 9.17) is 5.73 Å². The van der Waals surface area contributed by atoms with Crippen LogP contribution in [0.5, 0.6) is 0 Å². The summed E-state index contributed by atoms with van der Waals surface area (Å²) in [6, 6.07) is 1.41. The van der Waals surface area contributed by atoms with Gasteiger partial charge >= 0.3 is 5.97 Å². The fourth-order valence-corrected chi connectivity index (χ4v) is 1.58. The monoisotopic (exact) mass is 185 g/mol. The number of thiophene rings is 1. The molecule has 3 nitrogen and oxygen atoms in total. The van der Waals surface area contributed by atoms with Crippen LogP contribution in [0.3, 0.4) is 0 Å². The van der Waals surface area contributed by atoms with Crippen molar-refractivity contribution in [1.82, 2.24) is 0 Å². The predicted octanol–water partition coefficient (Wildman–Crippen LogP) is 0.791. The molecule has 0 saturated heterocycles. The average molecular weight is 185 g/mol. The first-order valence-corrected chi connectivity index (χ1v) is 4.53. The first-order chi connectivity index (χ1) is 5.74. The van der Waals surface area contributed by atoms with E-state index in [0.29, 0.717) is 6.42 Å². The van der Waals surface area contributed by atoms with Gasteiger partial charge in [-0.3, -0.25) is 4.79 Å². The quantitative estimate of drug-likeness (QED) is 0.708. The third kappa shape index (κ3) is 2.32. The van der Waals surface area contributed by atoms with Crippen molar-refractivity contribution < 1.29 is 9.53 Å². The lowest BCUT2D eigenvalue weighted by atomic mass is 10.1. The molecule has 0 fully saturated rings. The molecule has 0 aliphatic rings. The third-order valence-electron chi connectivity index (χ3n) is 1.54. The van der Waals surface area contributed by atoms with E-state index >= 15 is 0 Å². The molecule has 0 saturated carbocycles. The van der Waals surface area contributed by atoms with Crippen molar-refractivity contribution in [2.45, 2.75) is 12.5 Å². The number of carbonyl (C=O) groups excluding carboxylic acids is 1. The van der Waals surface area contributed by atoms with Gasteiger partial charge in [-0.2, -0.15) is 11.3 Å². The van der Waals surface area contributed by atoms with Gasteiger partial charge in [0.2, 0.25) is 0 Å². The van der Waals surface area contributed by atoms with Gasteiger partial charge in [0.1, 0.15) is 6.04 Å². The molecule has 1 aromatic rings. The zero-order chi connectivity index (χ0) is 8.97. The van der Waals surface area contributed by atoms with Crippen molar-refractivity contribution in [3.8, 4) is 0 Å². The van der Waals surface area contributed by atoms with Gasteiger partial charge in [0.25, 0.3) is 0 Å². The highest BCUT2D eigenvalue weighted by Gasteiger charge is 2.13. The molecule has 1 rings (SSSR count). The van der Waals surface area contributed by atoms with Crippen LogP contribution in [-0.2, 0) is 16.0 Å². The van der Waals surface area contributed by atoms with Crippen molar-refractivity contribution in [2.75, 3.05) is 7.11 Å². The molecular weight excluding hydrogens is 174 g/mol. The molecule has 4 heteroatoms. The molecule has 0 aliphatic carbocycles. The van der Waals surface area contributed by atoms with Crippen LogP contribution in [0.25, 0.3) is 0 Å². The van der Waals surface area contributed by atoms with E-state index < -0.39 is 6.04 Å². The van der Waals surface area contributed by atoms with Gasteiger partial charge in [0.15, 0.2) is 0 Å². The van der Waals surface area contributed by atoms with E-state index in [9.17, 15) is 4.79 Å². The molecule has 0 spiro atoms. The number of nitrogens with two attached hydrogens (primary N) is 1. The Balaban J connectivity index is 2.47. The highest BCUT2D eigenvalue weighted by molar-refractivity contribution is 7.07. The molecule has 0 aromatic carbocycles. The number of ether oxygens (including phenoxy) is 1. The number of esters is 1. The van der Waals surface area contributed by atoms with Gasteiger partial charge in [-0.15, -0.1) is 0 Å². The van der Waals surface area contributed by atoms with Crippen LogP contribution < -0.4 is 5.73 Å². The predicted molar refractivity (Wildman–Crippen MR) is 48.0 cm³/mol. The maximum absolute atomic E-state index is 10.9. The first-order valence-electron chi connectivity index (χ1n) is 3.58. The summed E-state index contributed by atoms with van der Waals surface area (Å²) in [5, 5.41) is 3.93. The highest BCUT2D eigenvalue weighted by atomic mass is 32.1. The second-order valence-electron chi connectivity index (χ2n) is 2.47. The van der Waals surface area contributed by atoms with Gasteiger partial charge in [0.05, 0.1) is 7.11 Å². The van der Waals surface area contributed by atoms with E-state index in [1.54, 1.807) is 11.3 Å². The molecule has 0 unspecified atom stereocenters. The lowest BCUT2D eigenvalue weighted by Gasteiger charge is -2.06. The molecule has 1 heterocycles. The summed E-state index contributed by atoms with van der Waals surface area (Å²) in [7, 11) is 1.34. The number of hydrogen-bond donors (Lipinski definition) is 1. The van der Waals surface area contributed by atoms with Crippen LogP contribution in [0.4, 0.5) is 0 Å². The zero-order valence-electron chi connectivity index (χ0n) is 6.82. The third-order valence-corrected chi connectivity index (χ3v) is 2.27. The van der Waals surface area contributed by atoms with Crippen molar-refractivity contribution in [2.24, 2.45) is 5.73 Å². The van der Waals surface area contributed by atoms with E-state index in [2.05, 4.69) is 4.74 Å². The number of methoxy groups -OCH3 is 1. The molecule has 0 bridgehead atoms. The minimum absolute atomic E-state index is 0.360. The molecule has 0 amide bonds. The molecule has 0 aliphatic heterocycles. The van der Waals surface area contributed by atoms with E-state index in [1.807, 2.05) is 16.8 Å². The summed E-state index contributed by atoms with van der Waals surface area (Å²) in [6.07, 6.45) is 0.552. The molecule has 12 heavy (non-hydrogen) atoms. The Morgan fingerprint density at radius 2 is 2.58 bits per heavy atom. The largest absolute Gasteiger partial charge is 0.468 e. The summed E-state index contributed by atoms with van der Waals surface area (Å²) >= 11 is 1.59. The number of hydrogen-bond acceptors (Lipinski definition) is 4. The fraction of sp³-hybridized carbons (Fsp3) is 0.375. The summed E-state index contributed by atoms with van der Waals surface area (Å²) < 4.78 is 4.50. The maximum Gasteiger partial charge on any atom is 0.322 e. The summed E-state index contributed by atoms with van der Waals surface area (Å²) in [6.45, 7) is 0. The Labute approximate surface area is 75.1 Å². The Hall–Kier alpha value is -0.870. The molecule has 66 valence electrons. The van der Waals surface area contributed by atoms with Crippen LogP contribution in [0.1, 0.15) is 5.56 Å². The topological polar surface area (TPSA) is 52.3 Å². The number of carbonyl (C=O) groups is 1. The van der Waals surface area contributed by atoms with Crippen molar-refractivity contribution in [3.63, 3.8) is 0 Å². The molecule has 2 N–H and O–H groups in total. The second-order valence-corrected chi connectivity index (χ2v) is 3.25. The zero-order valence-corrected chi connectivity index (χ0v) is 7.64. The van der Waals surface area contributed by atoms with Crippen molar-refractivity contribution in [1.29, 1.82) is 0 Å². The second kappa shape index (κ2) is 4.23. The average Bonchev–Trinajstić information content (AvgIpc) is 2.55. The summed E-state index contributed by atoms with van der Waals surface area (Å²) in [5.74, 6) is -0.360. The van der Waals surface area contributed by atoms with Crippen LogP contribution >= 0.6 is 11.3 Å². The van der Waals surface area contributed by atoms with Gasteiger partial charge < -0.3 is 10.5 Å². The van der Waals surface area contributed by atoms with Crippen molar-refractivity contribution in [3.05, 3.63) is 22.4 Å². The Kier molecular flexibility index (Phi) is 3.25. The minimum atomic E-state index is -0.537. The maximum atomic E-state index is 10.9. The highest BCUT2D eigenvalue weighted by Crippen LogP contribution is 2.08. The number of rotatable bonds is 3. The van der Waals surface area contributed by atoms with Crippen molar-refractivity contribution >= 4 is 17.3 Å². The molecular formula is C8H11NO2S. The fourth-order valence-electron chi connectivity index (χ4n) is 0.897. The first kappa shape index (κ1) is 9.22. The normalized spacial score (nSPS) is 12.5. The van der Waals surface area contributed by atoms with Gasteiger partial charge in [-0.1, -0.05) is 0 Å². The van der Waals surface area contributed by atoms with Crippen LogP contribution in [0, 0.1) is 0 Å². The van der Waals surface area contributed by atoms with E-state index in [0.717, 1.165) is 5.56 Å². The van der Waals surface area contributed by atoms with Gasteiger partial charge in [-0.25, -0.2) is 0 Å². The minimum Gasteiger partial charge on any atom is -0.468 e. The smallest absolute Gasteiger partial charge is 0.322 e. The van der Waals surface area contributed by atoms with E-state index in [-0.39, 0.29) is 5.97 Å². The standard InChI is InChI=1S/C8H11NO2S/c1-11-8(10)7(9)4-6-2-3-12-5-6/h2-3,5,7H,4,9H2,1H3/t7-/m0/s1. The Bertz CT molecular complexity index is 246. The Morgan fingerprint density at radius 1 is 1.83 bits per heavy atom. The van der Waals surface area contributed by atoms with Gasteiger partial charge in [0, 0.05) is 0 Å². The summed E-state index contributed by atoms with van der Waals surface area (Å²) in [4.78, 5) is 10.9. The molecule has 0 radical (unpaired) electrons. The lowest BCUT2D eigenvalue weighted by Crippen LogP contribution is -2.33. The van der Waals surface area contributed by atoms with Gasteiger partial charge in [-0.05, 0) is 28.8 Å². The van der Waals surface area contributed by atoms with Crippen LogP contribution in [0.2, 0.25) is 0 Å². The summed E-state index contributed by atoms with van der Waals surface area (Å²) in [5.41, 5.74) is 6.63. The lowest BCUT2D eigenvalue weighted by molar-refractivity contribution is -0.142. The van der Waals surface area contributed by atoms with Crippen LogP contribution in [0.15, 0.2) is 16.8 Å². The van der Waals surface area contributed by atoms with Crippen LogP contribution in [-0.4, -0.2) is 19.1 Å². The molecule has 1 atom stereocenters. The molecule has 1 aromatic heterocycles.